The van der Waals surface area contributed by atoms with E-state index in [0.29, 0.717) is 12.4 Å². The van der Waals surface area contributed by atoms with Crippen LogP contribution in [0.2, 0.25) is 0 Å². The first kappa shape index (κ1) is 12.6. The van der Waals surface area contributed by atoms with Gasteiger partial charge in [-0.3, -0.25) is 0 Å². The highest BCUT2D eigenvalue weighted by molar-refractivity contribution is 5.87. The van der Waals surface area contributed by atoms with Gasteiger partial charge in [-0.1, -0.05) is 6.92 Å². The molecule has 0 spiro atoms. The van der Waals surface area contributed by atoms with Crippen molar-refractivity contribution in [2.45, 2.75) is 26.4 Å². The Kier molecular flexibility index (Phi) is 4.85. The van der Waals surface area contributed by atoms with Crippen molar-refractivity contribution in [2.75, 3.05) is 13.7 Å². The van der Waals surface area contributed by atoms with Crippen molar-refractivity contribution in [3.05, 3.63) is 23.8 Å². The average Bonchev–Trinajstić information content (AvgIpc) is 2.31. The quantitative estimate of drug-likeness (QED) is 0.713. The fourth-order valence-electron chi connectivity index (χ4n) is 1.30. The number of esters is 1. The van der Waals surface area contributed by atoms with Crippen LogP contribution in [-0.2, 0) is 9.47 Å². The predicted octanol–water partition coefficient (Wildman–Crippen LogP) is 1.75. The third-order valence-corrected chi connectivity index (χ3v) is 2.10. The molecule has 5 nitrogen and oxygen atoms in total. The van der Waals surface area contributed by atoms with Crippen LogP contribution in [0.15, 0.2) is 12.3 Å². The van der Waals surface area contributed by atoms with E-state index in [1.165, 1.54) is 12.3 Å². The summed E-state index contributed by atoms with van der Waals surface area (Å²) >= 11 is 0. The second kappa shape index (κ2) is 6.17. The molecule has 5 heteroatoms. The summed E-state index contributed by atoms with van der Waals surface area (Å²) in [5.41, 5.74) is 0.266. The van der Waals surface area contributed by atoms with E-state index < -0.39 is 5.97 Å². The van der Waals surface area contributed by atoms with Crippen LogP contribution in [0.4, 0.5) is 0 Å². The number of nitrogens with zero attached hydrogens (tertiary/aromatic N) is 2. The van der Waals surface area contributed by atoms with E-state index in [-0.39, 0.29) is 11.8 Å². The highest BCUT2D eigenvalue weighted by Gasteiger charge is 2.15. The topological polar surface area (TPSA) is 61.3 Å². The maximum absolute atomic E-state index is 11.4. The summed E-state index contributed by atoms with van der Waals surface area (Å²) in [6, 6.07) is 1.53. The summed E-state index contributed by atoms with van der Waals surface area (Å²) in [6.45, 7) is 4.05. The second-order valence-electron chi connectivity index (χ2n) is 3.15. The Morgan fingerprint density at radius 1 is 1.50 bits per heavy atom. The number of rotatable bonds is 5. The van der Waals surface area contributed by atoms with E-state index in [0.717, 1.165) is 6.42 Å². The molecule has 0 aliphatic rings. The van der Waals surface area contributed by atoms with Gasteiger partial charge in [0.25, 0.3) is 0 Å². The number of carbonyl (C=O) groups is 1. The molecule has 0 saturated heterocycles. The van der Waals surface area contributed by atoms with Gasteiger partial charge in [0.2, 0.25) is 0 Å². The molecule has 1 aromatic rings. The minimum absolute atomic E-state index is 0.186. The lowest BCUT2D eigenvalue weighted by molar-refractivity contribution is 0.0515. The molecule has 0 aliphatic carbocycles. The van der Waals surface area contributed by atoms with Gasteiger partial charge in [0.1, 0.15) is 6.10 Å². The molecule has 0 fully saturated rings. The van der Waals surface area contributed by atoms with Gasteiger partial charge in [-0.05, 0) is 19.4 Å². The van der Waals surface area contributed by atoms with Crippen LogP contribution in [0.3, 0.4) is 0 Å². The molecule has 88 valence electrons. The highest BCUT2D eigenvalue weighted by atomic mass is 16.5. The maximum Gasteiger partial charge on any atom is 0.357 e. The van der Waals surface area contributed by atoms with Crippen LogP contribution < -0.4 is 0 Å². The van der Waals surface area contributed by atoms with Gasteiger partial charge in [0.05, 0.1) is 6.61 Å². The number of ether oxygens (including phenoxy) is 2. The van der Waals surface area contributed by atoms with Crippen LogP contribution in [0.25, 0.3) is 0 Å². The zero-order valence-corrected chi connectivity index (χ0v) is 9.77. The molecule has 0 radical (unpaired) electrons. The SMILES string of the molecule is CCOC(=O)c1ccnc(C(CC)OC)n1. The lowest BCUT2D eigenvalue weighted by Gasteiger charge is -2.11. The van der Waals surface area contributed by atoms with E-state index in [1.807, 2.05) is 6.92 Å². The number of hydrogen-bond acceptors (Lipinski definition) is 5. The molecule has 16 heavy (non-hydrogen) atoms. The monoisotopic (exact) mass is 224 g/mol. The molecule has 1 aromatic heterocycles. The fraction of sp³-hybridized carbons (Fsp3) is 0.545. The third kappa shape index (κ3) is 3.00. The van der Waals surface area contributed by atoms with Crippen LogP contribution >= 0.6 is 0 Å². The summed E-state index contributed by atoms with van der Waals surface area (Å²) in [6.07, 6.45) is 2.10. The van der Waals surface area contributed by atoms with Gasteiger partial charge in [-0.2, -0.15) is 0 Å². The summed E-state index contributed by atoms with van der Waals surface area (Å²) in [5.74, 6) is 0.0765. The third-order valence-electron chi connectivity index (χ3n) is 2.10. The minimum atomic E-state index is -0.433. The molecule has 0 aliphatic heterocycles. The Hall–Kier alpha value is -1.49. The van der Waals surface area contributed by atoms with Crippen LogP contribution in [0.1, 0.15) is 42.7 Å². The van der Waals surface area contributed by atoms with Crippen molar-refractivity contribution in [2.24, 2.45) is 0 Å². The zero-order valence-electron chi connectivity index (χ0n) is 9.77. The zero-order chi connectivity index (χ0) is 12.0. The Labute approximate surface area is 94.8 Å². The summed E-state index contributed by atoms with van der Waals surface area (Å²) in [4.78, 5) is 19.6. The molecule has 1 heterocycles. The molecular formula is C11H16N2O3. The first-order valence-electron chi connectivity index (χ1n) is 5.25. The normalized spacial score (nSPS) is 12.2. The molecule has 0 amide bonds. The molecule has 0 N–H and O–H groups in total. The Balaban J connectivity index is 2.89. The van der Waals surface area contributed by atoms with Gasteiger partial charge < -0.3 is 9.47 Å². The summed E-state index contributed by atoms with van der Waals surface area (Å²) < 4.78 is 10.1. The molecule has 0 bridgehead atoms. The van der Waals surface area contributed by atoms with Gasteiger partial charge in [-0.25, -0.2) is 14.8 Å². The first-order valence-corrected chi connectivity index (χ1v) is 5.25. The Bertz CT molecular complexity index is 351. The number of carbonyl (C=O) groups excluding carboxylic acids is 1. The summed E-state index contributed by atoms with van der Waals surface area (Å²) in [5, 5.41) is 0. The van der Waals surface area contributed by atoms with E-state index in [4.69, 9.17) is 9.47 Å². The lowest BCUT2D eigenvalue weighted by atomic mass is 10.2. The van der Waals surface area contributed by atoms with Crippen LogP contribution in [0.5, 0.6) is 0 Å². The van der Waals surface area contributed by atoms with Crippen molar-refractivity contribution in [1.29, 1.82) is 0 Å². The average molecular weight is 224 g/mol. The van der Waals surface area contributed by atoms with Crippen molar-refractivity contribution >= 4 is 5.97 Å². The number of aromatic nitrogens is 2. The van der Waals surface area contributed by atoms with Crippen molar-refractivity contribution in [3.8, 4) is 0 Å². The van der Waals surface area contributed by atoms with Crippen molar-refractivity contribution in [3.63, 3.8) is 0 Å². The molecule has 1 atom stereocenters. The smallest absolute Gasteiger partial charge is 0.357 e. The fourth-order valence-corrected chi connectivity index (χ4v) is 1.30. The standard InChI is InChI=1S/C11H16N2O3/c1-4-9(15-3)10-12-7-6-8(13-10)11(14)16-5-2/h6-7,9H,4-5H2,1-3H3. The largest absolute Gasteiger partial charge is 0.461 e. The van der Waals surface area contributed by atoms with Gasteiger partial charge in [0.15, 0.2) is 11.5 Å². The van der Waals surface area contributed by atoms with Gasteiger partial charge in [-0.15, -0.1) is 0 Å². The Morgan fingerprint density at radius 2 is 2.25 bits per heavy atom. The molecule has 0 saturated carbocycles. The van der Waals surface area contributed by atoms with Crippen molar-refractivity contribution < 1.29 is 14.3 Å². The van der Waals surface area contributed by atoms with E-state index in [2.05, 4.69) is 9.97 Å². The van der Waals surface area contributed by atoms with Crippen LogP contribution in [-0.4, -0.2) is 29.7 Å². The van der Waals surface area contributed by atoms with Gasteiger partial charge >= 0.3 is 5.97 Å². The lowest BCUT2D eigenvalue weighted by Crippen LogP contribution is -2.12. The van der Waals surface area contributed by atoms with E-state index in [9.17, 15) is 4.79 Å². The second-order valence-corrected chi connectivity index (χ2v) is 3.15. The Morgan fingerprint density at radius 3 is 2.81 bits per heavy atom. The first-order chi connectivity index (χ1) is 7.72. The highest BCUT2D eigenvalue weighted by Crippen LogP contribution is 2.15. The molecule has 1 unspecified atom stereocenters. The van der Waals surface area contributed by atoms with E-state index in [1.54, 1.807) is 14.0 Å². The number of hydrogen-bond donors (Lipinski definition) is 0. The van der Waals surface area contributed by atoms with E-state index >= 15 is 0 Å². The minimum Gasteiger partial charge on any atom is -0.461 e. The summed E-state index contributed by atoms with van der Waals surface area (Å²) in [7, 11) is 1.59. The predicted molar refractivity (Wildman–Crippen MR) is 58.0 cm³/mol. The number of methoxy groups -OCH3 is 1. The van der Waals surface area contributed by atoms with Crippen molar-refractivity contribution in [1.82, 2.24) is 9.97 Å². The van der Waals surface area contributed by atoms with Crippen LogP contribution in [0, 0.1) is 0 Å². The maximum atomic E-state index is 11.4. The van der Waals surface area contributed by atoms with Gasteiger partial charge in [0, 0.05) is 13.3 Å². The molecule has 1 rings (SSSR count). The molecule has 0 aromatic carbocycles. The molecular weight excluding hydrogens is 208 g/mol.